The summed E-state index contributed by atoms with van der Waals surface area (Å²) in [5.74, 6) is -1.31. The zero-order valence-electron chi connectivity index (χ0n) is 15.0. The van der Waals surface area contributed by atoms with Gasteiger partial charge in [-0.25, -0.2) is 4.79 Å². The van der Waals surface area contributed by atoms with Crippen LogP contribution in [-0.4, -0.2) is 64.2 Å². The number of benzene rings is 1. The van der Waals surface area contributed by atoms with Crippen LogP contribution in [0.1, 0.15) is 18.4 Å². The number of rotatable bonds is 6. The molecule has 0 saturated carbocycles. The monoisotopic (exact) mass is 642 g/mol. The van der Waals surface area contributed by atoms with Crippen LogP contribution in [-0.2, 0) is 14.4 Å². The molecular formula is C18H16I2N2O6S. The van der Waals surface area contributed by atoms with Gasteiger partial charge in [0.1, 0.15) is 12.3 Å². The van der Waals surface area contributed by atoms with Crippen molar-refractivity contribution in [3.63, 3.8) is 0 Å². The van der Waals surface area contributed by atoms with Gasteiger partial charge in [0.2, 0.25) is 5.91 Å². The molecule has 0 bridgehead atoms. The Hall–Kier alpha value is -1.35. The van der Waals surface area contributed by atoms with Crippen molar-refractivity contribution in [1.82, 2.24) is 9.80 Å². The molecule has 0 atom stereocenters. The third kappa shape index (κ3) is 5.42. The molecule has 3 rings (SSSR count). The van der Waals surface area contributed by atoms with Gasteiger partial charge in [-0.15, -0.1) is 0 Å². The lowest BCUT2D eigenvalue weighted by atomic mass is 10.2. The Morgan fingerprint density at radius 2 is 1.79 bits per heavy atom. The number of thioether (sulfide) groups is 1. The third-order valence-electron chi connectivity index (χ3n) is 4.28. The van der Waals surface area contributed by atoms with Crippen molar-refractivity contribution in [2.45, 2.75) is 12.8 Å². The van der Waals surface area contributed by atoms with E-state index in [1.165, 1.54) is 0 Å². The lowest BCUT2D eigenvalue weighted by Gasteiger charge is -2.18. The summed E-state index contributed by atoms with van der Waals surface area (Å²) >= 11 is 4.85. The number of hydrogen-bond acceptors (Lipinski definition) is 6. The molecule has 2 fully saturated rings. The minimum atomic E-state index is -1.07. The summed E-state index contributed by atoms with van der Waals surface area (Å²) in [5.41, 5.74) is 0.679. The first kappa shape index (κ1) is 22.3. The van der Waals surface area contributed by atoms with Crippen LogP contribution >= 0.6 is 56.9 Å². The normalized spacial score (nSPS) is 18.1. The molecule has 2 aliphatic rings. The Kier molecular flexibility index (Phi) is 7.42. The van der Waals surface area contributed by atoms with Crippen molar-refractivity contribution in [3.05, 3.63) is 29.7 Å². The maximum absolute atomic E-state index is 12.6. The largest absolute Gasteiger partial charge is 0.480 e. The first-order valence-electron chi connectivity index (χ1n) is 8.63. The molecule has 8 nitrogen and oxygen atoms in total. The van der Waals surface area contributed by atoms with Gasteiger partial charge < -0.3 is 14.7 Å². The Balaban J connectivity index is 1.75. The number of likely N-dealkylation sites (tertiary alicyclic amines) is 1. The first-order chi connectivity index (χ1) is 13.8. The number of carboxylic acid groups (broad SMARTS) is 1. The van der Waals surface area contributed by atoms with Gasteiger partial charge in [0.05, 0.1) is 12.0 Å². The van der Waals surface area contributed by atoms with Crippen LogP contribution in [0, 0.1) is 7.14 Å². The first-order valence-corrected chi connectivity index (χ1v) is 11.6. The van der Waals surface area contributed by atoms with E-state index < -0.39 is 23.7 Å². The smallest absolute Gasteiger partial charge is 0.341 e. The summed E-state index contributed by atoms with van der Waals surface area (Å²) in [6.45, 7) is 0.643. The number of aliphatic carboxylic acids is 1. The van der Waals surface area contributed by atoms with Crippen molar-refractivity contribution in [2.75, 3.05) is 26.2 Å². The molecule has 2 aliphatic heterocycles. The third-order valence-corrected chi connectivity index (χ3v) is 6.79. The second-order valence-electron chi connectivity index (χ2n) is 6.35. The molecule has 3 amide bonds. The molecule has 11 heteroatoms. The fourth-order valence-corrected chi connectivity index (χ4v) is 5.89. The number of carboxylic acids is 1. The minimum Gasteiger partial charge on any atom is -0.480 e. The van der Waals surface area contributed by atoms with E-state index in [1.807, 2.05) is 45.2 Å². The molecule has 2 heterocycles. The molecule has 29 heavy (non-hydrogen) atoms. The minimum absolute atomic E-state index is 0.213. The maximum Gasteiger partial charge on any atom is 0.341 e. The fourth-order valence-electron chi connectivity index (χ4n) is 2.92. The SMILES string of the molecule is O=C(O)COc1c(I)cc(/C=C2/SC(=O)N(CC(=O)N3CCCC3)C2=O)cc1I. The lowest BCUT2D eigenvalue weighted by molar-refractivity contribution is -0.139. The van der Waals surface area contributed by atoms with Crippen molar-refractivity contribution < 1.29 is 29.0 Å². The summed E-state index contributed by atoms with van der Waals surface area (Å²) in [4.78, 5) is 50.8. The summed E-state index contributed by atoms with van der Waals surface area (Å²) < 4.78 is 6.66. The average molecular weight is 642 g/mol. The molecule has 0 aromatic heterocycles. The summed E-state index contributed by atoms with van der Waals surface area (Å²) in [6, 6.07) is 3.48. The highest BCUT2D eigenvalue weighted by atomic mass is 127. The highest BCUT2D eigenvalue weighted by molar-refractivity contribution is 14.1. The van der Waals surface area contributed by atoms with Crippen molar-refractivity contribution in [2.24, 2.45) is 0 Å². The quantitative estimate of drug-likeness (QED) is 0.376. The number of imide groups is 1. The predicted octanol–water partition coefficient (Wildman–Crippen LogP) is 3.02. The van der Waals surface area contributed by atoms with E-state index >= 15 is 0 Å². The van der Waals surface area contributed by atoms with Crippen LogP contribution in [0.25, 0.3) is 6.08 Å². The van der Waals surface area contributed by atoms with Crippen LogP contribution < -0.4 is 4.74 Å². The molecule has 1 aromatic carbocycles. The molecule has 154 valence electrons. The van der Waals surface area contributed by atoms with Gasteiger partial charge in [-0.1, -0.05) is 0 Å². The molecule has 2 saturated heterocycles. The van der Waals surface area contributed by atoms with Crippen molar-refractivity contribution in [3.8, 4) is 5.75 Å². The van der Waals surface area contributed by atoms with Crippen LogP contribution in [0.15, 0.2) is 17.0 Å². The highest BCUT2D eigenvalue weighted by Gasteiger charge is 2.37. The zero-order valence-corrected chi connectivity index (χ0v) is 20.2. The van der Waals surface area contributed by atoms with E-state index in [9.17, 15) is 19.2 Å². The molecule has 0 aliphatic carbocycles. The van der Waals surface area contributed by atoms with Gasteiger partial charge in [0.25, 0.3) is 11.1 Å². The molecule has 1 N–H and O–H groups in total. The Morgan fingerprint density at radius 1 is 1.17 bits per heavy atom. The van der Waals surface area contributed by atoms with Crippen molar-refractivity contribution >= 4 is 86.0 Å². The molecular weight excluding hydrogens is 626 g/mol. The second kappa shape index (κ2) is 9.64. The van der Waals surface area contributed by atoms with Gasteiger partial charge in [-0.3, -0.25) is 19.3 Å². The van der Waals surface area contributed by atoms with Crippen molar-refractivity contribution in [1.29, 1.82) is 0 Å². The van der Waals surface area contributed by atoms with Crippen LogP contribution in [0.4, 0.5) is 4.79 Å². The van der Waals surface area contributed by atoms with E-state index in [2.05, 4.69) is 0 Å². The van der Waals surface area contributed by atoms with Gasteiger partial charge in [-0.05, 0) is 93.6 Å². The van der Waals surface area contributed by atoms with E-state index in [0.717, 1.165) is 29.5 Å². The van der Waals surface area contributed by atoms with Gasteiger partial charge in [0.15, 0.2) is 6.61 Å². The predicted molar refractivity (Wildman–Crippen MR) is 123 cm³/mol. The van der Waals surface area contributed by atoms with Gasteiger partial charge >= 0.3 is 5.97 Å². The van der Waals surface area contributed by atoms with E-state index in [0.29, 0.717) is 31.5 Å². The number of amides is 3. The van der Waals surface area contributed by atoms with Gasteiger partial charge in [-0.2, -0.15) is 0 Å². The van der Waals surface area contributed by atoms with Gasteiger partial charge in [0, 0.05) is 13.1 Å². The standard InChI is InChI=1S/C18H16I2N2O6S/c19-11-5-10(6-12(20)16(11)28-9-15(24)25)7-13-17(26)22(18(27)29-13)8-14(23)21-3-1-2-4-21/h5-7H,1-4,8-9H2,(H,24,25)/b13-7+. The van der Waals surface area contributed by atoms with E-state index in [4.69, 9.17) is 9.84 Å². The summed E-state index contributed by atoms with van der Waals surface area (Å²) in [5, 5.41) is 8.31. The molecule has 0 radical (unpaired) electrons. The Bertz CT molecular complexity index is 891. The molecule has 0 unspecified atom stereocenters. The number of hydrogen-bond donors (Lipinski definition) is 1. The van der Waals surface area contributed by atoms with E-state index in [1.54, 1.807) is 23.1 Å². The second-order valence-corrected chi connectivity index (χ2v) is 9.67. The zero-order chi connectivity index (χ0) is 21.1. The Labute approximate surface area is 198 Å². The summed E-state index contributed by atoms with van der Waals surface area (Å²) in [7, 11) is 0. The topological polar surface area (TPSA) is 104 Å². The average Bonchev–Trinajstić information content (AvgIpc) is 3.26. The molecule has 1 aromatic rings. The number of carbonyl (C=O) groups is 4. The number of carbonyl (C=O) groups excluding carboxylic acids is 3. The number of ether oxygens (including phenoxy) is 1. The highest BCUT2D eigenvalue weighted by Crippen LogP contribution is 2.34. The Morgan fingerprint density at radius 3 is 2.38 bits per heavy atom. The fraction of sp³-hybridized carbons (Fsp3) is 0.333. The van der Waals surface area contributed by atoms with Crippen LogP contribution in [0.3, 0.4) is 0 Å². The number of halogens is 2. The lowest BCUT2D eigenvalue weighted by Crippen LogP contribution is -2.40. The number of nitrogens with zero attached hydrogens (tertiary/aromatic N) is 2. The summed E-state index contributed by atoms with van der Waals surface area (Å²) in [6.07, 6.45) is 3.48. The maximum atomic E-state index is 12.6. The van der Waals surface area contributed by atoms with E-state index in [-0.39, 0.29) is 17.4 Å². The molecule has 0 spiro atoms. The van der Waals surface area contributed by atoms with Crippen LogP contribution in [0.5, 0.6) is 5.75 Å². The van der Waals surface area contributed by atoms with Crippen LogP contribution in [0.2, 0.25) is 0 Å².